The molecule has 0 bridgehead atoms. The van der Waals surface area contributed by atoms with Gasteiger partial charge < -0.3 is 14.8 Å². The first-order chi connectivity index (χ1) is 17.6. The lowest BCUT2D eigenvalue weighted by Crippen LogP contribution is -2.11. The van der Waals surface area contributed by atoms with E-state index in [4.69, 9.17) is 14.5 Å². The van der Waals surface area contributed by atoms with Crippen molar-refractivity contribution >= 4 is 28.5 Å². The van der Waals surface area contributed by atoms with Crippen molar-refractivity contribution in [1.29, 1.82) is 0 Å². The number of para-hydroxylation sites is 1. The predicted molar refractivity (Wildman–Crippen MR) is 137 cm³/mol. The lowest BCUT2D eigenvalue weighted by atomic mass is 10.1. The largest absolute Gasteiger partial charge is 0.494 e. The predicted octanol–water partition coefficient (Wildman–Crippen LogP) is 5.11. The number of nitrogens with zero attached hydrogens (tertiary/aromatic N) is 5. The van der Waals surface area contributed by atoms with Gasteiger partial charge in [0.25, 0.3) is 0 Å². The molecule has 0 spiro atoms. The molecule has 0 fully saturated rings. The normalized spacial score (nSPS) is 10.9. The van der Waals surface area contributed by atoms with Crippen LogP contribution in [0.1, 0.15) is 22.8 Å². The van der Waals surface area contributed by atoms with Crippen molar-refractivity contribution in [2.75, 3.05) is 19.0 Å². The van der Waals surface area contributed by atoms with Gasteiger partial charge in [-0.25, -0.2) is 9.78 Å². The fourth-order valence-corrected chi connectivity index (χ4v) is 3.93. The number of hydrogen-bond acceptors (Lipinski definition) is 8. The molecule has 0 atom stereocenters. The first-order valence-electron chi connectivity index (χ1n) is 11.4. The molecule has 2 aromatic carbocycles. The number of hydrogen-bond donors (Lipinski definition) is 1. The minimum Gasteiger partial charge on any atom is -0.494 e. The first kappa shape index (κ1) is 23.0. The van der Waals surface area contributed by atoms with Gasteiger partial charge in [-0.2, -0.15) is 9.78 Å². The summed E-state index contributed by atoms with van der Waals surface area (Å²) in [5, 5.41) is 17.3. The molecule has 0 amide bonds. The Bertz CT molecular complexity index is 1530. The van der Waals surface area contributed by atoms with Gasteiger partial charge in [-0.1, -0.05) is 42.5 Å². The maximum absolute atomic E-state index is 12.7. The molecule has 0 saturated heterocycles. The van der Waals surface area contributed by atoms with E-state index >= 15 is 0 Å². The second kappa shape index (κ2) is 9.83. The lowest BCUT2D eigenvalue weighted by molar-refractivity contribution is 0.0527. The first-order valence-corrected chi connectivity index (χ1v) is 11.4. The number of methoxy groups -OCH3 is 1. The number of carbonyl (C=O) groups excluding carboxylic acids is 1. The zero-order valence-corrected chi connectivity index (χ0v) is 20.1. The number of rotatable bonds is 7. The van der Waals surface area contributed by atoms with Crippen LogP contribution in [0, 0.1) is 6.92 Å². The maximum atomic E-state index is 12.7. The van der Waals surface area contributed by atoms with E-state index in [1.54, 1.807) is 24.8 Å². The molecule has 0 unspecified atom stereocenters. The van der Waals surface area contributed by atoms with Gasteiger partial charge in [0.1, 0.15) is 16.8 Å². The average molecular weight is 481 g/mol. The molecule has 3 aromatic heterocycles. The third-order valence-corrected chi connectivity index (χ3v) is 5.68. The zero-order chi connectivity index (χ0) is 25.1. The Balaban J connectivity index is 1.58. The monoisotopic (exact) mass is 480 g/mol. The Morgan fingerprint density at radius 2 is 1.86 bits per heavy atom. The molecule has 9 nitrogen and oxygen atoms in total. The molecule has 0 saturated carbocycles. The molecule has 36 heavy (non-hydrogen) atoms. The summed E-state index contributed by atoms with van der Waals surface area (Å²) in [4.78, 5) is 17.5. The third-order valence-electron chi connectivity index (χ3n) is 5.68. The Morgan fingerprint density at radius 1 is 1.03 bits per heavy atom. The van der Waals surface area contributed by atoms with Crippen LogP contribution in [0.4, 0.5) is 11.6 Å². The molecular formula is C27H24N6O3. The molecule has 5 rings (SSSR count). The molecule has 180 valence electrons. The van der Waals surface area contributed by atoms with Crippen molar-refractivity contribution < 1.29 is 14.3 Å². The molecule has 5 aromatic rings. The van der Waals surface area contributed by atoms with Crippen molar-refractivity contribution in [2.45, 2.75) is 13.8 Å². The quantitative estimate of drug-likeness (QED) is 0.320. The van der Waals surface area contributed by atoms with Crippen molar-refractivity contribution in [1.82, 2.24) is 25.0 Å². The van der Waals surface area contributed by atoms with Crippen LogP contribution in [0.15, 0.2) is 72.9 Å². The van der Waals surface area contributed by atoms with Gasteiger partial charge in [0.2, 0.25) is 0 Å². The van der Waals surface area contributed by atoms with E-state index in [1.165, 1.54) is 6.20 Å². The van der Waals surface area contributed by atoms with Crippen LogP contribution in [0.5, 0.6) is 5.75 Å². The van der Waals surface area contributed by atoms with Gasteiger partial charge in [-0.3, -0.25) is 0 Å². The second-order valence-electron chi connectivity index (χ2n) is 7.99. The number of esters is 1. The summed E-state index contributed by atoms with van der Waals surface area (Å²) in [7, 11) is 1.61. The number of nitrogens with one attached hydrogen (secondary N) is 1. The highest BCUT2D eigenvalue weighted by Crippen LogP contribution is 2.30. The van der Waals surface area contributed by atoms with Gasteiger partial charge in [-0.05, 0) is 43.7 Å². The minimum atomic E-state index is -0.504. The summed E-state index contributed by atoms with van der Waals surface area (Å²) in [6.07, 6.45) is 1.45. The van der Waals surface area contributed by atoms with Crippen molar-refractivity contribution in [3.63, 3.8) is 0 Å². The molecule has 0 aliphatic heterocycles. The van der Waals surface area contributed by atoms with Crippen molar-refractivity contribution in [3.05, 3.63) is 84.1 Å². The van der Waals surface area contributed by atoms with Crippen LogP contribution in [0.2, 0.25) is 0 Å². The minimum absolute atomic E-state index is 0.236. The highest BCUT2D eigenvalue weighted by Gasteiger charge is 2.22. The molecule has 0 aliphatic carbocycles. The van der Waals surface area contributed by atoms with Crippen LogP contribution in [-0.4, -0.2) is 44.6 Å². The van der Waals surface area contributed by atoms with Gasteiger partial charge in [-0.15, -0.1) is 10.2 Å². The van der Waals surface area contributed by atoms with Crippen LogP contribution in [0.3, 0.4) is 0 Å². The summed E-state index contributed by atoms with van der Waals surface area (Å²) in [6, 6.07) is 21.1. The van der Waals surface area contributed by atoms with Crippen LogP contribution in [-0.2, 0) is 4.74 Å². The Hall–Kier alpha value is -4.79. The SMILES string of the molecule is CCOC(=O)c1cnn(-c2cc(C)c3cccc(OC)c3n2)c1Nc1ccc(-c2ccccc2)nn1. The molecule has 0 radical (unpaired) electrons. The average Bonchev–Trinajstić information content (AvgIpc) is 3.33. The van der Waals surface area contributed by atoms with Crippen LogP contribution in [0.25, 0.3) is 28.0 Å². The summed E-state index contributed by atoms with van der Waals surface area (Å²) in [5.41, 5.74) is 3.63. The standard InChI is InChI=1S/C27H24N6O3/c1-4-36-27(34)20-16-28-33(24-15-17(2)19-11-8-12-22(35-3)25(19)30-24)26(20)29-23-14-13-21(31-32-23)18-9-6-5-7-10-18/h5-16H,4H2,1-3H3,(H,29,32). The highest BCUT2D eigenvalue weighted by molar-refractivity contribution is 5.96. The van der Waals surface area contributed by atoms with E-state index < -0.39 is 5.97 Å². The molecule has 3 heterocycles. The Morgan fingerprint density at radius 3 is 2.58 bits per heavy atom. The number of pyridine rings is 1. The number of benzene rings is 2. The number of anilines is 2. The smallest absolute Gasteiger partial charge is 0.343 e. The summed E-state index contributed by atoms with van der Waals surface area (Å²) >= 11 is 0. The maximum Gasteiger partial charge on any atom is 0.343 e. The van der Waals surface area contributed by atoms with Crippen LogP contribution >= 0.6 is 0 Å². The fourth-order valence-electron chi connectivity index (χ4n) is 3.93. The number of carbonyl (C=O) groups is 1. The number of aromatic nitrogens is 5. The summed E-state index contributed by atoms with van der Waals surface area (Å²) < 4.78 is 12.3. The number of ether oxygens (including phenoxy) is 2. The molecule has 9 heteroatoms. The Labute approximate surface area is 207 Å². The van der Waals surface area contributed by atoms with E-state index in [0.29, 0.717) is 28.7 Å². The third kappa shape index (κ3) is 4.34. The van der Waals surface area contributed by atoms with Gasteiger partial charge in [0.15, 0.2) is 17.5 Å². The van der Waals surface area contributed by atoms with Gasteiger partial charge in [0, 0.05) is 10.9 Å². The number of fused-ring (bicyclic) bond motifs is 1. The molecule has 0 aliphatic rings. The Kier molecular flexibility index (Phi) is 6.27. The van der Waals surface area contributed by atoms with Crippen LogP contribution < -0.4 is 10.1 Å². The van der Waals surface area contributed by atoms with E-state index in [0.717, 1.165) is 22.2 Å². The van der Waals surface area contributed by atoms with E-state index in [1.807, 2.05) is 67.6 Å². The highest BCUT2D eigenvalue weighted by atomic mass is 16.5. The molecule has 1 N–H and O–H groups in total. The summed E-state index contributed by atoms with van der Waals surface area (Å²) in [6.45, 7) is 3.98. The second-order valence-corrected chi connectivity index (χ2v) is 7.99. The van der Waals surface area contributed by atoms with Crippen molar-refractivity contribution in [2.24, 2.45) is 0 Å². The number of aryl methyl sites for hydroxylation is 1. The van der Waals surface area contributed by atoms with Gasteiger partial charge >= 0.3 is 5.97 Å². The van der Waals surface area contributed by atoms with E-state index in [-0.39, 0.29) is 12.2 Å². The van der Waals surface area contributed by atoms with E-state index in [9.17, 15) is 4.79 Å². The van der Waals surface area contributed by atoms with Gasteiger partial charge in [0.05, 0.1) is 25.6 Å². The molecular weight excluding hydrogens is 456 g/mol. The van der Waals surface area contributed by atoms with Crippen molar-refractivity contribution in [3.8, 4) is 22.8 Å². The zero-order valence-electron chi connectivity index (χ0n) is 20.1. The summed E-state index contributed by atoms with van der Waals surface area (Å²) in [5.74, 6) is 1.46. The van der Waals surface area contributed by atoms with E-state index in [2.05, 4.69) is 20.6 Å². The lowest BCUT2D eigenvalue weighted by Gasteiger charge is -2.13. The fraction of sp³-hybridized carbons (Fsp3) is 0.148. The topological polar surface area (TPSA) is 104 Å².